The monoisotopic (exact) mass is 253 g/mol. The fourth-order valence-electron chi connectivity index (χ4n) is 1.89. The minimum Gasteiger partial charge on any atom is -0.300 e. The Bertz CT molecular complexity index is 444. The molecule has 0 radical (unpaired) electrons. The van der Waals surface area contributed by atoms with E-state index in [4.69, 9.17) is 0 Å². The zero-order valence-electron chi connectivity index (χ0n) is 9.90. The fourth-order valence-corrected chi connectivity index (χ4v) is 2.63. The Morgan fingerprint density at radius 1 is 1.59 bits per heavy atom. The molecule has 1 aliphatic rings. The number of imide groups is 1. The third-order valence-corrected chi connectivity index (χ3v) is 3.66. The van der Waals surface area contributed by atoms with Crippen LogP contribution in [-0.4, -0.2) is 34.3 Å². The van der Waals surface area contributed by atoms with Gasteiger partial charge in [-0.25, -0.2) is 4.98 Å². The maximum absolute atomic E-state index is 11.8. The van der Waals surface area contributed by atoms with Gasteiger partial charge in [-0.2, -0.15) is 0 Å². The number of aromatic nitrogens is 1. The molecule has 1 unspecified atom stereocenters. The molecular weight excluding hydrogens is 238 g/mol. The number of aryl methyl sites for hydroxylation is 1. The lowest BCUT2D eigenvalue weighted by Gasteiger charge is -2.12. The number of carbonyl (C=O) groups is 2. The summed E-state index contributed by atoms with van der Waals surface area (Å²) in [5, 5.41) is 4.12. The Balaban J connectivity index is 1.92. The van der Waals surface area contributed by atoms with E-state index in [9.17, 15) is 9.59 Å². The Labute approximate surface area is 104 Å². The number of nitrogens with one attached hydrogen (secondary N) is 1. The average Bonchev–Trinajstić information content (AvgIpc) is 2.81. The molecule has 5 nitrogen and oxygen atoms in total. The van der Waals surface area contributed by atoms with Crippen molar-refractivity contribution in [1.82, 2.24) is 15.2 Å². The Morgan fingerprint density at radius 3 is 2.88 bits per heavy atom. The van der Waals surface area contributed by atoms with Gasteiger partial charge in [-0.15, -0.1) is 11.3 Å². The third-order valence-electron chi connectivity index (χ3n) is 2.75. The van der Waals surface area contributed by atoms with E-state index in [-0.39, 0.29) is 24.3 Å². The van der Waals surface area contributed by atoms with Crippen LogP contribution < -0.4 is 5.32 Å². The second-order valence-corrected chi connectivity index (χ2v) is 5.28. The molecule has 1 atom stereocenters. The van der Waals surface area contributed by atoms with Crippen molar-refractivity contribution in [2.24, 2.45) is 0 Å². The quantitative estimate of drug-likeness (QED) is 0.802. The highest BCUT2D eigenvalue weighted by molar-refractivity contribution is 7.11. The van der Waals surface area contributed by atoms with Gasteiger partial charge in [-0.05, 0) is 13.8 Å². The van der Waals surface area contributed by atoms with Crippen LogP contribution in [0.3, 0.4) is 0 Å². The molecule has 0 saturated carbocycles. The van der Waals surface area contributed by atoms with E-state index in [1.165, 1.54) is 4.90 Å². The molecule has 2 rings (SSSR count). The Kier molecular flexibility index (Phi) is 3.54. The SMILES string of the molecule is CCN1C(=O)CC(NCc2cnc(C)s2)C1=O. The number of thiazole rings is 1. The summed E-state index contributed by atoms with van der Waals surface area (Å²) in [5.74, 6) is -0.200. The summed E-state index contributed by atoms with van der Waals surface area (Å²) in [6, 6.07) is -0.371. The van der Waals surface area contributed by atoms with Crippen LogP contribution in [0.5, 0.6) is 0 Å². The zero-order chi connectivity index (χ0) is 12.4. The van der Waals surface area contributed by atoms with Crippen LogP contribution in [0.1, 0.15) is 23.2 Å². The topological polar surface area (TPSA) is 62.3 Å². The van der Waals surface area contributed by atoms with Gasteiger partial charge in [0.15, 0.2) is 0 Å². The highest BCUT2D eigenvalue weighted by Crippen LogP contribution is 2.15. The van der Waals surface area contributed by atoms with Crippen LogP contribution in [0.4, 0.5) is 0 Å². The summed E-state index contributed by atoms with van der Waals surface area (Å²) < 4.78 is 0. The van der Waals surface area contributed by atoms with Crippen molar-refractivity contribution in [3.63, 3.8) is 0 Å². The normalized spacial score (nSPS) is 20.4. The first-order chi connectivity index (χ1) is 8.11. The van der Waals surface area contributed by atoms with E-state index in [2.05, 4.69) is 10.3 Å². The minimum atomic E-state index is -0.371. The van der Waals surface area contributed by atoms with Gasteiger partial charge in [0.05, 0.1) is 17.5 Å². The average molecular weight is 253 g/mol. The minimum absolute atomic E-state index is 0.0875. The lowest BCUT2D eigenvalue weighted by molar-refractivity contribution is -0.138. The van der Waals surface area contributed by atoms with Crippen LogP contribution in [-0.2, 0) is 16.1 Å². The van der Waals surface area contributed by atoms with E-state index in [0.29, 0.717) is 13.1 Å². The van der Waals surface area contributed by atoms with Crippen molar-refractivity contribution in [2.45, 2.75) is 32.9 Å². The first-order valence-electron chi connectivity index (χ1n) is 5.60. The van der Waals surface area contributed by atoms with Gasteiger partial charge < -0.3 is 5.32 Å². The summed E-state index contributed by atoms with van der Waals surface area (Å²) >= 11 is 1.60. The summed E-state index contributed by atoms with van der Waals surface area (Å²) in [6.45, 7) is 4.80. The lowest BCUT2D eigenvalue weighted by Crippen LogP contribution is -2.38. The van der Waals surface area contributed by atoms with Gasteiger partial charge in [0.2, 0.25) is 11.8 Å². The van der Waals surface area contributed by atoms with Crippen molar-refractivity contribution in [2.75, 3.05) is 6.54 Å². The second-order valence-electron chi connectivity index (χ2n) is 3.96. The van der Waals surface area contributed by atoms with Gasteiger partial charge >= 0.3 is 0 Å². The number of carbonyl (C=O) groups excluding carboxylic acids is 2. The molecule has 0 aliphatic carbocycles. The number of rotatable bonds is 4. The Morgan fingerprint density at radius 2 is 2.35 bits per heavy atom. The summed E-state index contributed by atoms with van der Waals surface area (Å²) in [7, 11) is 0. The second kappa shape index (κ2) is 4.93. The maximum atomic E-state index is 11.8. The summed E-state index contributed by atoms with van der Waals surface area (Å²) in [5.41, 5.74) is 0. The van der Waals surface area contributed by atoms with Crippen LogP contribution in [0.2, 0.25) is 0 Å². The lowest BCUT2D eigenvalue weighted by atomic mass is 10.2. The molecule has 1 aromatic rings. The highest BCUT2D eigenvalue weighted by atomic mass is 32.1. The number of likely N-dealkylation sites (tertiary alicyclic amines) is 1. The third kappa shape index (κ3) is 2.53. The van der Waals surface area contributed by atoms with Gasteiger partial charge in [0, 0.05) is 24.2 Å². The standard InChI is InChI=1S/C11H15N3O2S/c1-3-14-10(15)4-9(11(14)16)13-6-8-5-12-7(2)17-8/h5,9,13H,3-4,6H2,1-2H3. The van der Waals surface area contributed by atoms with E-state index >= 15 is 0 Å². The fraction of sp³-hybridized carbons (Fsp3) is 0.545. The molecule has 1 aromatic heterocycles. The van der Waals surface area contributed by atoms with Crippen LogP contribution in [0, 0.1) is 6.92 Å². The van der Waals surface area contributed by atoms with E-state index in [0.717, 1.165) is 9.88 Å². The summed E-state index contributed by atoms with van der Waals surface area (Å²) in [6.07, 6.45) is 2.07. The van der Waals surface area contributed by atoms with Crippen LogP contribution in [0.15, 0.2) is 6.20 Å². The smallest absolute Gasteiger partial charge is 0.246 e. The molecule has 2 amide bonds. The van der Waals surface area contributed by atoms with Gasteiger partial charge in [0.1, 0.15) is 0 Å². The van der Waals surface area contributed by atoms with Crippen LogP contribution in [0.25, 0.3) is 0 Å². The van der Waals surface area contributed by atoms with E-state index in [1.54, 1.807) is 17.5 Å². The van der Waals surface area contributed by atoms with Gasteiger partial charge in [-0.1, -0.05) is 0 Å². The predicted octanol–water partition coefficient (Wildman–Crippen LogP) is 0.689. The van der Waals surface area contributed by atoms with Crippen molar-refractivity contribution < 1.29 is 9.59 Å². The first-order valence-corrected chi connectivity index (χ1v) is 6.42. The largest absolute Gasteiger partial charge is 0.300 e. The van der Waals surface area contributed by atoms with Gasteiger partial charge in [0.25, 0.3) is 0 Å². The highest BCUT2D eigenvalue weighted by Gasteiger charge is 2.36. The van der Waals surface area contributed by atoms with Crippen molar-refractivity contribution >= 4 is 23.2 Å². The van der Waals surface area contributed by atoms with Crippen molar-refractivity contribution in [1.29, 1.82) is 0 Å². The first kappa shape index (κ1) is 12.2. The van der Waals surface area contributed by atoms with Crippen LogP contribution >= 0.6 is 11.3 Å². The number of amides is 2. The van der Waals surface area contributed by atoms with Crippen molar-refractivity contribution in [3.05, 3.63) is 16.1 Å². The van der Waals surface area contributed by atoms with Crippen molar-refractivity contribution in [3.8, 4) is 0 Å². The molecule has 17 heavy (non-hydrogen) atoms. The molecule has 0 aromatic carbocycles. The molecule has 1 saturated heterocycles. The molecule has 6 heteroatoms. The number of hydrogen-bond donors (Lipinski definition) is 1. The molecule has 1 fully saturated rings. The molecular formula is C11H15N3O2S. The number of nitrogens with zero attached hydrogens (tertiary/aromatic N) is 2. The molecule has 0 bridgehead atoms. The molecule has 1 N–H and O–H groups in total. The molecule has 1 aliphatic heterocycles. The van der Waals surface area contributed by atoms with Gasteiger partial charge in [-0.3, -0.25) is 14.5 Å². The Hall–Kier alpha value is -1.27. The van der Waals surface area contributed by atoms with E-state index < -0.39 is 0 Å². The molecule has 0 spiro atoms. The maximum Gasteiger partial charge on any atom is 0.246 e. The molecule has 92 valence electrons. The summed E-state index contributed by atoms with van der Waals surface area (Å²) in [4.78, 5) is 29.8. The zero-order valence-corrected chi connectivity index (χ0v) is 10.7. The number of likely N-dealkylation sites (N-methyl/N-ethyl adjacent to an activating group) is 1. The van der Waals surface area contributed by atoms with E-state index in [1.807, 2.05) is 13.8 Å². The predicted molar refractivity (Wildman–Crippen MR) is 64.5 cm³/mol. The number of hydrogen-bond acceptors (Lipinski definition) is 5. The molecule has 2 heterocycles.